The Morgan fingerprint density at radius 3 is 2.48 bits per heavy atom. The molecule has 3 rings (SSSR count). The Hall–Kier alpha value is -2.82. The fraction of sp³-hybridized carbons (Fsp3) is 0.300. The van der Waals surface area contributed by atoms with Gasteiger partial charge in [0.05, 0.1) is 12.3 Å². The summed E-state index contributed by atoms with van der Waals surface area (Å²) in [5, 5.41) is 3.02. The molecule has 0 saturated carbocycles. The van der Waals surface area contributed by atoms with Crippen LogP contribution in [-0.2, 0) is 4.74 Å². The van der Waals surface area contributed by atoms with Crippen LogP contribution in [0.3, 0.4) is 0 Å². The number of nitrogens with one attached hydrogen (secondary N) is 1. The fourth-order valence-corrected chi connectivity index (χ4v) is 2.87. The molecule has 1 N–H and O–H groups in total. The number of carbonyl (C=O) groups excluding carboxylic acids is 1. The minimum atomic E-state index is -0.223. The molecule has 0 aromatic heterocycles. The molecule has 2 aromatic carbocycles. The molecule has 0 spiro atoms. The number of rotatable bonds is 2. The van der Waals surface area contributed by atoms with Gasteiger partial charge in [-0.15, -0.1) is 0 Å². The molecule has 2 amide bonds. The third-order valence-corrected chi connectivity index (χ3v) is 4.33. The molecule has 130 valence electrons. The average molecular weight is 337 g/mol. The number of hydrogen-bond donors (Lipinski definition) is 1. The Balaban J connectivity index is 1.88. The number of hydrogen-bond acceptors (Lipinski definition) is 3. The third kappa shape index (κ3) is 3.82. The Kier molecular flexibility index (Phi) is 5.03. The maximum Gasteiger partial charge on any atom is 0.330 e. The minimum Gasteiger partial charge on any atom is -0.464 e. The Labute approximate surface area is 148 Å². The van der Waals surface area contributed by atoms with Gasteiger partial charge in [0, 0.05) is 18.2 Å². The Morgan fingerprint density at radius 2 is 1.80 bits per heavy atom. The van der Waals surface area contributed by atoms with Crippen LogP contribution < -0.4 is 5.32 Å². The first-order valence-electron chi connectivity index (χ1n) is 8.49. The highest BCUT2D eigenvalue weighted by molar-refractivity contribution is 6.02. The minimum absolute atomic E-state index is 0.0144. The highest BCUT2D eigenvalue weighted by Gasteiger charge is 2.31. The van der Waals surface area contributed by atoms with Crippen molar-refractivity contribution >= 4 is 23.4 Å². The summed E-state index contributed by atoms with van der Waals surface area (Å²) in [7, 11) is 0. The number of ether oxygens (including phenoxy) is 1. The van der Waals surface area contributed by atoms with E-state index >= 15 is 0 Å². The zero-order valence-corrected chi connectivity index (χ0v) is 14.8. The van der Waals surface area contributed by atoms with Crippen molar-refractivity contribution in [1.29, 1.82) is 0 Å². The summed E-state index contributed by atoms with van der Waals surface area (Å²) in [6.07, 6.45) is 0.772. The molecule has 1 saturated heterocycles. The van der Waals surface area contributed by atoms with Crippen molar-refractivity contribution in [2.24, 2.45) is 4.99 Å². The normalized spacial score (nSPS) is 18.8. The highest BCUT2D eigenvalue weighted by atomic mass is 16.5. The van der Waals surface area contributed by atoms with E-state index in [1.165, 1.54) is 0 Å². The molecule has 1 heterocycles. The topological polar surface area (TPSA) is 53.9 Å². The molecule has 1 unspecified atom stereocenters. The molecule has 25 heavy (non-hydrogen) atoms. The molecule has 0 aliphatic carbocycles. The number of para-hydroxylation sites is 2. The van der Waals surface area contributed by atoms with Gasteiger partial charge in [-0.2, -0.15) is 4.99 Å². The second-order valence-electron chi connectivity index (χ2n) is 6.28. The van der Waals surface area contributed by atoms with Crippen molar-refractivity contribution in [2.45, 2.75) is 33.2 Å². The van der Waals surface area contributed by atoms with Crippen molar-refractivity contribution in [1.82, 2.24) is 4.90 Å². The van der Waals surface area contributed by atoms with Crippen molar-refractivity contribution in [2.75, 3.05) is 11.9 Å². The van der Waals surface area contributed by atoms with Crippen LogP contribution in [0.4, 0.5) is 16.2 Å². The van der Waals surface area contributed by atoms with Gasteiger partial charge in [0.2, 0.25) is 0 Å². The van der Waals surface area contributed by atoms with Crippen LogP contribution in [0.15, 0.2) is 53.5 Å². The van der Waals surface area contributed by atoms with Crippen LogP contribution in [0.5, 0.6) is 0 Å². The molecule has 1 fully saturated rings. The third-order valence-electron chi connectivity index (χ3n) is 4.33. The van der Waals surface area contributed by atoms with Crippen LogP contribution in [0.2, 0.25) is 0 Å². The average Bonchev–Trinajstić information content (AvgIpc) is 2.59. The largest absolute Gasteiger partial charge is 0.464 e. The first-order valence-corrected chi connectivity index (χ1v) is 8.49. The van der Waals surface area contributed by atoms with Gasteiger partial charge < -0.3 is 10.1 Å². The first-order chi connectivity index (χ1) is 12.1. The summed E-state index contributed by atoms with van der Waals surface area (Å²) in [6.45, 7) is 6.53. The van der Waals surface area contributed by atoms with E-state index in [0.717, 1.165) is 28.9 Å². The number of anilines is 1. The highest BCUT2D eigenvalue weighted by Crippen LogP contribution is 2.23. The van der Waals surface area contributed by atoms with E-state index in [4.69, 9.17) is 4.74 Å². The van der Waals surface area contributed by atoms with Gasteiger partial charge >= 0.3 is 12.1 Å². The summed E-state index contributed by atoms with van der Waals surface area (Å²) in [6, 6.07) is 15.6. The lowest BCUT2D eigenvalue weighted by molar-refractivity contribution is 0.146. The number of aliphatic imine (C=N–C) groups is 1. The van der Waals surface area contributed by atoms with Crippen LogP contribution >= 0.6 is 0 Å². The zero-order valence-electron chi connectivity index (χ0n) is 14.8. The predicted octanol–water partition coefficient (Wildman–Crippen LogP) is 4.63. The van der Waals surface area contributed by atoms with Crippen LogP contribution in [0.25, 0.3) is 0 Å². The standard InChI is InChI=1S/C20H23N3O2/c1-14-8-7-9-15(2)18(14)22-19(24)23-16(3)12-13-25-20(23)21-17-10-5-4-6-11-17/h4-11,16H,12-13H2,1-3H3,(H,22,24). The van der Waals surface area contributed by atoms with Gasteiger partial charge in [0.25, 0.3) is 0 Å². The molecule has 0 bridgehead atoms. The summed E-state index contributed by atoms with van der Waals surface area (Å²) in [5.74, 6) is 0. The molecule has 1 atom stereocenters. The maximum atomic E-state index is 12.9. The van der Waals surface area contributed by atoms with E-state index in [-0.39, 0.29) is 12.1 Å². The van der Waals surface area contributed by atoms with Gasteiger partial charge in [-0.25, -0.2) is 9.69 Å². The van der Waals surface area contributed by atoms with Gasteiger partial charge in [-0.1, -0.05) is 36.4 Å². The van der Waals surface area contributed by atoms with Crippen LogP contribution in [0.1, 0.15) is 24.5 Å². The van der Waals surface area contributed by atoms with E-state index in [0.29, 0.717) is 12.6 Å². The van der Waals surface area contributed by atoms with E-state index in [1.54, 1.807) is 4.90 Å². The molecule has 1 aliphatic heterocycles. The van der Waals surface area contributed by atoms with E-state index in [2.05, 4.69) is 10.3 Å². The lowest BCUT2D eigenvalue weighted by atomic mass is 10.1. The van der Waals surface area contributed by atoms with Crippen molar-refractivity contribution in [3.05, 3.63) is 59.7 Å². The Bertz CT molecular complexity index is 767. The van der Waals surface area contributed by atoms with Gasteiger partial charge in [-0.05, 0) is 44.0 Å². The van der Waals surface area contributed by atoms with Crippen molar-refractivity contribution < 1.29 is 9.53 Å². The lowest BCUT2D eigenvalue weighted by Crippen LogP contribution is -2.50. The summed E-state index contributed by atoms with van der Waals surface area (Å²) in [5.41, 5.74) is 3.65. The van der Waals surface area contributed by atoms with E-state index < -0.39 is 0 Å². The molecular weight excluding hydrogens is 314 g/mol. The van der Waals surface area contributed by atoms with Gasteiger partial charge in [0.1, 0.15) is 0 Å². The lowest BCUT2D eigenvalue weighted by Gasteiger charge is -2.34. The monoisotopic (exact) mass is 337 g/mol. The van der Waals surface area contributed by atoms with E-state index in [1.807, 2.05) is 69.3 Å². The second-order valence-corrected chi connectivity index (χ2v) is 6.28. The second kappa shape index (κ2) is 7.38. The molecule has 1 aliphatic rings. The molecule has 5 nitrogen and oxygen atoms in total. The summed E-state index contributed by atoms with van der Waals surface area (Å²) >= 11 is 0. The number of amidine groups is 1. The Morgan fingerprint density at radius 1 is 1.12 bits per heavy atom. The maximum absolute atomic E-state index is 12.9. The number of benzene rings is 2. The number of carbonyl (C=O) groups is 1. The van der Waals surface area contributed by atoms with Crippen molar-refractivity contribution in [3.8, 4) is 0 Å². The van der Waals surface area contributed by atoms with Gasteiger partial charge in [-0.3, -0.25) is 0 Å². The molecular formula is C20H23N3O2. The number of aryl methyl sites for hydroxylation is 2. The van der Waals surface area contributed by atoms with Crippen LogP contribution in [0, 0.1) is 13.8 Å². The number of amides is 2. The smallest absolute Gasteiger partial charge is 0.330 e. The molecule has 5 heteroatoms. The van der Waals surface area contributed by atoms with Crippen molar-refractivity contribution in [3.63, 3.8) is 0 Å². The quantitative estimate of drug-likeness (QED) is 0.868. The molecule has 0 radical (unpaired) electrons. The fourth-order valence-electron chi connectivity index (χ4n) is 2.87. The number of urea groups is 1. The SMILES string of the molecule is Cc1cccc(C)c1NC(=O)N1C(=Nc2ccccc2)OCCC1C. The first kappa shape index (κ1) is 17.0. The summed E-state index contributed by atoms with van der Waals surface area (Å²) in [4.78, 5) is 19.1. The number of nitrogens with zero attached hydrogens (tertiary/aromatic N) is 2. The van der Waals surface area contributed by atoms with E-state index in [9.17, 15) is 4.79 Å². The van der Waals surface area contributed by atoms with Gasteiger partial charge in [0.15, 0.2) is 0 Å². The predicted molar refractivity (Wildman–Crippen MR) is 100 cm³/mol. The summed E-state index contributed by atoms with van der Waals surface area (Å²) < 4.78 is 5.70. The molecule has 2 aromatic rings. The van der Waals surface area contributed by atoms with Crippen LogP contribution in [-0.4, -0.2) is 29.6 Å². The zero-order chi connectivity index (χ0) is 17.8.